The SMILES string of the molecule is Cc1nn(C(F)(F)F)c(OCC(F)F)c1C(F)(F)S(=O)(=O)C1=NOC(C)(C)C1. The number of halogens is 7. The highest BCUT2D eigenvalue weighted by molar-refractivity contribution is 8.06. The monoisotopic (exact) mass is 441 g/mol. The van der Waals surface area contributed by atoms with Gasteiger partial charge < -0.3 is 9.57 Å². The average molecular weight is 441 g/mol. The minimum atomic E-state index is -5.67. The van der Waals surface area contributed by atoms with Crippen molar-refractivity contribution in [1.29, 1.82) is 0 Å². The van der Waals surface area contributed by atoms with Gasteiger partial charge in [-0.3, -0.25) is 0 Å². The van der Waals surface area contributed by atoms with Crippen LogP contribution in [0.4, 0.5) is 30.7 Å². The average Bonchev–Trinajstić information content (AvgIpc) is 3.04. The van der Waals surface area contributed by atoms with Gasteiger partial charge in [-0.15, -0.1) is 17.9 Å². The summed E-state index contributed by atoms with van der Waals surface area (Å²) in [7, 11) is -5.67. The van der Waals surface area contributed by atoms with E-state index < -0.39 is 73.3 Å². The van der Waals surface area contributed by atoms with Crippen LogP contribution in [-0.4, -0.2) is 41.9 Å². The lowest BCUT2D eigenvalue weighted by molar-refractivity contribution is -0.215. The Hall–Kier alpha value is -2.06. The second kappa shape index (κ2) is 6.77. The molecule has 0 atom stereocenters. The van der Waals surface area contributed by atoms with E-state index in [-0.39, 0.29) is 0 Å². The first-order valence-corrected chi connectivity index (χ1v) is 8.95. The van der Waals surface area contributed by atoms with Crippen LogP contribution in [0.15, 0.2) is 5.16 Å². The second-order valence-electron chi connectivity index (χ2n) is 6.38. The molecule has 15 heteroatoms. The zero-order chi connectivity index (χ0) is 21.7. The van der Waals surface area contributed by atoms with Crippen molar-refractivity contribution in [3.63, 3.8) is 0 Å². The van der Waals surface area contributed by atoms with E-state index in [0.717, 1.165) is 0 Å². The summed E-state index contributed by atoms with van der Waals surface area (Å²) in [6.07, 6.45) is -9.33. The zero-order valence-electron chi connectivity index (χ0n) is 14.5. The Morgan fingerprint density at radius 3 is 2.25 bits per heavy atom. The number of aryl methyl sites for hydroxylation is 1. The van der Waals surface area contributed by atoms with Gasteiger partial charge in [0.1, 0.15) is 11.2 Å². The third kappa shape index (κ3) is 3.89. The number of nitrogens with zero attached hydrogens (tertiary/aromatic N) is 3. The van der Waals surface area contributed by atoms with Crippen LogP contribution >= 0.6 is 0 Å². The quantitative estimate of drug-likeness (QED) is 0.655. The molecule has 7 nitrogen and oxygen atoms in total. The van der Waals surface area contributed by atoms with Gasteiger partial charge in [-0.2, -0.15) is 13.9 Å². The van der Waals surface area contributed by atoms with Crippen LogP contribution in [-0.2, 0) is 26.2 Å². The van der Waals surface area contributed by atoms with E-state index in [0.29, 0.717) is 6.92 Å². The highest BCUT2D eigenvalue weighted by atomic mass is 32.2. The number of rotatable bonds is 5. The zero-order valence-corrected chi connectivity index (χ0v) is 15.3. The van der Waals surface area contributed by atoms with Crippen LogP contribution in [0, 0.1) is 6.92 Å². The molecule has 0 saturated carbocycles. The summed E-state index contributed by atoms with van der Waals surface area (Å²) >= 11 is 0. The van der Waals surface area contributed by atoms with E-state index >= 15 is 0 Å². The van der Waals surface area contributed by atoms with E-state index in [4.69, 9.17) is 4.84 Å². The van der Waals surface area contributed by atoms with Crippen LogP contribution in [0.5, 0.6) is 5.88 Å². The van der Waals surface area contributed by atoms with Gasteiger partial charge >= 0.3 is 11.6 Å². The van der Waals surface area contributed by atoms with E-state index in [1.165, 1.54) is 13.8 Å². The van der Waals surface area contributed by atoms with Crippen molar-refractivity contribution in [3.8, 4) is 5.88 Å². The Labute approximate surface area is 154 Å². The van der Waals surface area contributed by atoms with Gasteiger partial charge in [-0.25, -0.2) is 17.2 Å². The minimum Gasteiger partial charge on any atom is -0.471 e. The highest BCUT2D eigenvalue weighted by Gasteiger charge is 2.57. The molecule has 160 valence electrons. The number of hydrogen-bond acceptors (Lipinski definition) is 6. The van der Waals surface area contributed by atoms with Crippen molar-refractivity contribution in [1.82, 2.24) is 9.78 Å². The molecular weight excluding hydrogens is 427 g/mol. The van der Waals surface area contributed by atoms with E-state index in [9.17, 15) is 39.2 Å². The summed E-state index contributed by atoms with van der Waals surface area (Å²) in [6, 6.07) is 0. The van der Waals surface area contributed by atoms with Crippen molar-refractivity contribution in [3.05, 3.63) is 11.3 Å². The molecule has 0 N–H and O–H groups in total. The maximum Gasteiger partial charge on any atom is 0.507 e. The third-order valence-corrected chi connectivity index (χ3v) is 5.23. The highest BCUT2D eigenvalue weighted by Crippen LogP contribution is 2.46. The molecule has 0 aliphatic carbocycles. The normalized spacial score (nSPS) is 17.6. The molecule has 28 heavy (non-hydrogen) atoms. The molecule has 0 aromatic carbocycles. The molecule has 2 rings (SSSR count). The Bertz CT molecular complexity index is 891. The number of alkyl halides is 7. The summed E-state index contributed by atoms with van der Waals surface area (Å²) in [5.74, 6) is -1.85. The van der Waals surface area contributed by atoms with Gasteiger partial charge in [-0.05, 0) is 20.8 Å². The van der Waals surface area contributed by atoms with E-state index in [1.54, 1.807) is 0 Å². The van der Waals surface area contributed by atoms with Gasteiger partial charge in [0.2, 0.25) is 5.88 Å². The fourth-order valence-electron chi connectivity index (χ4n) is 2.32. The predicted octanol–water partition coefficient (Wildman–Crippen LogP) is 3.29. The fourth-order valence-corrected chi connectivity index (χ4v) is 3.79. The lowest BCUT2D eigenvalue weighted by atomic mass is 10.1. The smallest absolute Gasteiger partial charge is 0.471 e. The number of oxime groups is 1. The van der Waals surface area contributed by atoms with Gasteiger partial charge in [0.05, 0.1) is 5.69 Å². The maximum absolute atomic E-state index is 14.9. The Morgan fingerprint density at radius 1 is 1.25 bits per heavy atom. The molecule has 0 amide bonds. The molecule has 0 spiro atoms. The van der Waals surface area contributed by atoms with Crippen molar-refractivity contribution >= 4 is 14.9 Å². The van der Waals surface area contributed by atoms with Crippen molar-refractivity contribution in [2.45, 2.75) is 50.8 Å². The van der Waals surface area contributed by atoms with Crippen molar-refractivity contribution < 1.29 is 48.7 Å². The van der Waals surface area contributed by atoms with E-state index in [2.05, 4.69) is 15.0 Å². The Balaban J connectivity index is 2.63. The molecule has 0 saturated heterocycles. The van der Waals surface area contributed by atoms with Crippen molar-refractivity contribution in [2.75, 3.05) is 6.61 Å². The second-order valence-corrected chi connectivity index (χ2v) is 8.37. The first-order chi connectivity index (χ1) is 12.5. The van der Waals surface area contributed by atoms with E-state index in [1.807, 2.05) is 0 Å². The van der Waals surface area contributed by atoms with Crippen LogP contribution in [0.2, 0.25) is 0 Å². The number of sulfone groups is 1. The molecule has 1 aromatic rings. The Morgan fingerprint density at radius 2 is 1.82 bits per heavy atom. The fraction of sp³-hybridized carbons (Fsp3) is 0.692. The largest absolute Gasteiger partial charge is 0.507 e. The summed E-state index contributed by atoms with van der Waals surface area (Å²) < 4.78 is 122. The molecule has 1 aliphatic heterocycles. The summed E-state index contributed by atoms with van der Waals surface area (Å²) in [4.78, 5) is 4.71. The molecule has 2 heterocycles. The molecule has 0 unspecified atom stereocenters. The lowest BCUT2D eigenvalue weighted by Gasteiger charge is -2.19. The van der Waals surface area contributed by atoms with Crippen LogP contribution in [0.3, 0.4) is 0 Å². The van der Waals surface area contributed by atoms with Gasteiger partial charge in [0.25, 0.3) is 16.3 Å². The van der Waals surface area contributed by atoms with Crippen molar-refractivity contribution in [2.24, 2.45) is 5.16 Å². The summed E-state index contributed by atoms with van der Waals surface area (Å²) in [6.45, 7) is 1.66. The van der Waals surface area contributed by atoms with Crippen LogP contribution < -0.4 is 4.74 Å². The van der Waals surface area contributed by atoms with Crippen LogP contribution in [0.25, 0.3) is 0 Å². The third-order valence-electron chi connectivity index (χ3n) is 3.51. The van der Waals surface area contributed by atoms with Gasteiger partial charge in [0.15, 0.2) is 11.7 Å². The lowest BCUT2D eigenvalue weighted by Crippen LogP contribution is -2.34. The summed E-state index contributed by atoms with van der Waals surface area (Å²) in [5, 5.41) is -0.242. The first kappa shape index (κ1) is 22.2. The number of hydrogen-bond donors (Lipinski definition) is 0. The molecule has 0 radical (unpaired) electrons. The summed E-state index contributed by atoms with van der Waals surface area (Å²) in [5.41, 5.74) is -4.12. The predicted molar refractivity (Wildman–Crippen MR) is 79.8 cm³/mol. The topological polar surface area (TPSA) is 82.8 Å². The van der Waals surface area contributed by atoms with Crippen LogP contribution in [0.1, 0.15) is 31.5 Å². The maximum atomic E-state index is 14.9. The molecule has 1 aliphatic rings. The number of ether oxygens (including phenoxy) is 1. The minimum absolute atomic E-state index is 0.579. The molecule has 0 fully saturated rings. The molecular formula is C13H14F7N3O4S. The first-order valence-electron chi connectivity index (χ1n) is 7.46. The van der Waals surface area contributed by atoms with Gasteiger partial charge in [-0.1, -0.05) is 5.16 Å². The molecule has 1 aromatic heterocycles. The van der Waals surface area contributed by atoms with Gasteiger partial charge in [0, 0.05) is 6.42 Å². The number of aromatic nitrogens is 2. The molecule has 0 bridgehead atoms. The Kier molecular flexibility index (Phi) is 5.38. The standard InChI is InChI=1S/C13H14F7N3O4S/c1-6-9(10(26-5-7(14)15)23(21-6)13(18,19)20)12(16,17)28(24,25)8-4-11(2,3)27-22-8/h7H,4-5H2,1-3H3.